The van der Waals surface area contributed by atoms with Crippen LogP contribution in [0.15, 0.2) is 0 Å². The van der Waals surface area contributed by atoms with E-state index in [1.807, 2.05) is 13.8 Å². The molecule has 144 valence electrons. The van der Waals surface area contributed by atoms with Gasteiger partial charge in [0.2, 0.25) is 5.91 Å². The Labute approximate surface area is 156 Å². The van der Waals surface area contributed by atoms with Crippen LogP contribution in [0.5, 0.6) is 0 Å². The quantitative estimate of drug-likeness (QED) is 0.504. The lowest BCUT2D eigenvalue weighted by Crippen LogP contribution is -2.45. The van der Waals surface area contributed by atoms with Gasteiger partial charge in [-0.3, -0.25) is 4.79 Å². The van der Waals surface area contributed by atoms with Crippen LogP contribution >= 0.6 is 12.6 Å². The second-order valence-electron chi connectivity index (χ2n) is 9.77. The van der Waals surface area contributed by atoms with Crippen molar-refractivity contribution in [1.82, 2.24) is 5.32 Å². The minimum Gasteiger partial charge on any atom is -0.380 e. The van der Waals surface area contributed by atoms with Crippen molar-refractivity contribution in [2.75, 3.05) is 19.8 Å². The summed E-state index contributed by atoms with van der Waals surface area (Å²) >= 11 is 4.68. The molecule has 0 aliphatic heterocycles. The van der Waals surface area contributed by atoms with E-state index in [0.29, 0.717) is 13.2 Å². The van der Waals surface area contributed by atoms with E-state index >= 15 is 0 Å². The zero-order valence-electron chi connectivity index (χ0n) is 17.5. The van der Waals surface area contributed by atoms with Gasteiger partial charge in [-0.25, -0.2) is 0 Å². The van der Waals surface area contributed by atoms with Gasteiger partial charge in [-0.05, 0) is 24.7 Å². The first-order chi connectivity index (χ1) is 10.7. The highest BCUT2D eigenvalue weighted by molar-refractivity contribution is 7.81. The fourth-order valence-electron chi connectivity index (χ4n) is 2.47. The third kappa shape index (κ3) is 9.31. The fraction of sp³-hybridized carbons (Fsp3) is 0.950. The van der Waals surface area contributed by atoms with Gasteiger partial charge in [-0.2, -0.15) is 12.6 Å². The van der Waals surface area contributed by atoms with Crippen LogP contribution in [0.3, 0.4) is 0 Å². The summed E-state index contributed by atoms with van der Waals surface area (Å²) in [6, 6.07) is 0. The van der Waals surface area contributed by atoms with Gasteiger partial charge in [0, 0.05) is 22.1 Å². The highest BCUT2D eigenvalue weighted by Gasteiger charge is 2.35. The first kappa shape index (κ1) is 23.8. The van der Waals surface area contributed by atoms with E-state index in [4.69, 9.17) is 4.74 Å². The Bertz CT molecular complexity index is 400. The van der Waals surface area contributed by atoms with Crippen molar-refractivity contribution in [2.24, 2.45) is 16.2 Å². The third-order valence-electron chi connectivity index (χ3n) is 4.87. The van der Waals surface area contributed by atoms with Crippen LogP contribution in [0.1, 0.15) is 81.6 Å². The molecule has 4 heteroatoms. The van der Waals surface area contributed by atoms with Crippen molar-refractivity contribution in [3.8, 4) is 0 Å². The van der Waals surface area contributed by atoms with E-state index in [9.17, 15) is 4.79 Å². The standard InChI is InChI=1S/C20H41NO2S/c1-10-17(3,4)14-23-15-18(5,6)13-21-16(22)19(7,8)12-20(9,24)11-2/h24H,10-15H2,1-9H3,(H,21,22). The number of hydrogen-bond donors (Lipinski definition) is 2. The van der Waals surface area contributed by atoms with Gasteiger partial charge in [-0.1, -0.05) is 62.3 Å². The van der Waals surface area contributed by atoms with Crippen LogP contribution in [0.2, 0.25) is 0 Å². The molecule has 0 fully saturated rings. The molecule has 1 unspecified atom stereocenters. The van der Waals surface area contributed by atoms with Crippen LogP contribution in [-0.2, 0) is 9.53 Å². The Morgan fingerprint density at radius 3 is 1.88 bits per heavy atom. The predicted molar refractivity (Wildman–Crippen MR) is 108 cm³/mol. The molecular formula is C20H41NO2S. The Balaban J connectivity index is 4.46. The molecule has 0 saturated carbocycles. The Kier molecular flexibility index (Phi) is 8.85. The van der Waals surface area contributed by atoms with E-state index in [2.05, 4.69) is 66.4 Å². The minimum absolute atomic E-state index is 0.0788. The Morgan fingerprint density at radius 2 is 1.42 bits per heavy atom. The fourth-order valence-corrected chi connectivity index (χ4v) is 2.87. The number of rotatable bonds is 11. The van der Waals surface area contributed by atoms with E-state index in [1.165, 1.54) is 0 Å². The first-order valence-corrected chi connectivity index (χ1v) is 9.69. The maximum atomic E-state index is 12.6. The molecule has 0 rings (SSSR count). The zero-order chi connectivity index (χ0) is 19.2. The number of carbonyl (C=O) groups is 1. The summed E-state index contributed by atoms with van der Waals surface area (Å²) in [4.78, 5) is 12.6. The summed E-state index contributed by atoms with van der Waals surface area (Å²) in [6.45, 7) is 21.1. The normalized spacial score (nSPS) is 15.9. The zero-order valence-corrected chi connectivity index (χ0v) is 18.4. The van der Waals surface area contributed by atoms with E-state index in [1.54, 1.807) is 0 Å². The molecule has 0 aromatic carbocycles. The SMILES string of the molecule is CCC(C)(C)COCC(C)(C)CNC(=O)C(C)(C)CC(C)(S)CC. The molecule has 0 aromatic heterocycles. The highest BCUT2D eigenvalue weighted by Crippen LogP contribution is 2.34. The predicted octanol–water partition coefficient (Wildman–Crippen LogP) is 5.10. The molecule has 0 heterocycles. The number of ether oxygens (including phenoxy) is 1. The average Bonchev–Trinajstić information content (AvgIpc) is 2.43. The van der Waals surface area contributed by atoms with Crippen LogP contribution in [0.4, 0.5) is 0 Å². The topological polar surface area (TPSA) is 38.3 Å². The monoisotopic (exact) mass is 359 g/mol. The lowest BCUT2D eigenvalue weighted by molar-refractivity contribution is -0.130. The third-order valence-corrected chi connectivity index (χ3v) is 5.34. The summed E-state index contributed by atoms with van der Waals surface area (Å²) in [5, 5.41) is 3.12. The van der Waals surface area contributed by atoms with Crippen LogP contribution in [0.25, 0.3) is 0 Å². The smallest absolute Gasteiger partial charge is 0.225 e. The first-order valence-electron chi connectivity index (χ1n) is 9.25. The second-order valence-corrected chi connectivity index (χ2v) is 10.8. The number of hydrogen-bond acceptors (Lipinski definition) is 3. The van der Waals surface area contributed by atoms with Gasteiger partial charge in [0.1, 0.15) is 0 Å². The molecule has 1 atom stereocenters. The van der Waals surface area contributed by atoms with Crippen molar-refractivity contribution in [3.05, 3.63) is 0 Å². The maximum absolute atomic E-state index is 12.6. The average molecular weight is 360 g/mol. The summed E-state index contributed by atoms with van der Waals surface area (Å²) in [5.74, 6) is 0.0955. The molecule has 0 radical (unpaired) electrons. The summed E-state index contributed by atoms with van der Waals surface area (Å²) in [6.07, 6.45) is 2.80. The van der Waals surface area contributed by atoms with Crippen molar-refractivity contribution >= 4 is 18.5 Å². The molecule has 0 saturated heterocycles. The molecule has 0 bridgehead atoms. The second kappa shape index (κ2) is 8.93. The lowest BCUT2D eigenvalue weighted by atomic mass is 9.80. The van der Waals surface area contributed by atoms with Crippen LogP contribution < -0.4 is 5.32 Å². The molecule has 24 heavy (non-hydrogen) atoms. The highest BCUT2D eigenvalue weighted by atomic mass is 32.1. The van der Waals surface area contributed by atoms with Gasteiger partial charge in [0.15, 0.2) is 0 Å². The van der Waals surface area contributed by atoms with Crippen molar-refractivity contribution in [1.29, 1.82) is 0 Å². The summed E-state index contributed by atoms with van der Waals surface area (Å²) < 4.78 is 5.79. The van der Waals surface area contributed by atoms with Gasteiger partial charge in [0.25, 0.3) is 0 Å². The van der Waals surface area contributed by atoms with E-state index in [0.717, 1.165) is 25.9 Å². The summed E-state index contributed by atoms with van der Waals surface area (Å²) in [7, 11) is 0. The lowest BCUT2D eigenvalue weighted by Gasteiger charge is -2.34. The number of nitrogens with one attached hydrogen (secondary N) is 1. The Hall–Kier alpha value is -0.220. The van der Waals surface area contributed by atoms with Crippen molar-refractivity contribution in [2.45, 2.75) is 86.3 Å². The molecular weight excluding hydrogens is 318 g/mol. The van der Waals surface area contributed by atoms with Crippen molar-refractivity contribution < 1.29 is 9.53 Å². The van der Waals surface area contributed by atoms with Gasteiger partial charge >= 0.3 is 0 Å². The molecule has 0 aliphatic carbocycles. The number of thiol groups is 1. The molecule has 0 aliphatic rings. The van der Waals surface area contributed by atoms with Crippen LogP contribution in [0, 0.1) is 16.2 Å². The summed E-state index contributed by atoms with van der Waals surface area (Å²) in [5.41, 5.74) is -0.295. The maximum Gasteiger partial charge on any atom is 0.225 e. The molecule has 1 N–H and O–H groups in total. The van der Waals surface area contributed by atoms with E-state index in [-0.39, 0.29) is 21.5 Å². The molecule has 1 amide bonds. The molecule has 0 aromatic rings. The van der Waals surface area contributed by atoms with Crippen molar-refractivity contribution in [3.63, 3.8) is 0 Å². The number of amides is 1. The minimum atomic E-state index is -0.423. The Morgan fingerprint density at radius 1 is 0.917 bits per heavy atom. The van der Waals surface area contributed by atoms with Gasteiger partial charge in [0.05, 0.1) is 13.2 Å². The molecule has 0 spiro atoms. The van der Waals surface area contributed by atoms with Gasteiger partial charge < -0.3 is 10.1 Å². The largest absolute Gasteiger partial charge is 0.380 e. The van der Waals surface area contributed by atoms with Crippen LogP contribution in [-0.4, -0.2) is 30.4 Å². The number of carbonyl (C=O) groups excluding carboxylic acids is 1. The van der Waals surface area contributed by atoms with Gasteiger partial charge in [-0.15, -0.1) is 0 Å². The molecule has 3 nitrogen and oxygen atoms in total. The van der Waals surface area contributed by atoms with E-state index < -0.39 is 5.41 Å².